The van der Waals surface area contributed by atoms with Gasteiger partial charge in [-0.15, -0.1) is 0 Å². The number of rotatable bonds is 4. The lowest BCUT2D eigenvalue weighted by Crippen LogP contribution is -2.08. The van der Waals surface area contributed by atoms with Crippen molar-refractivity contribution in [3.05, 3.63) is 39.4 Å². The monoisotopic (exact) mass is 293 g/mol. The Bertz CT molecular complexity index is 502. The van der Waals surface area contributed by atoms with Crippen LogP contribution in [0.4, 0.5) is 18.9 Å². The van der Waals surface area contributed by atoms with Crippen LogP contribution < -0.4 is 0 Å². The second-order valence-electron chi connectivity index (χ2n) is 3.58. The van der Waals surface area contributed by atoms with Gasteiger partial charge in [-0.3, -0.25) is 14.9 Å². The predicted molar refractivity (Wildman–Crippen MR) is 64.9 cm³/mol. The molecular weight excluding hydrogens is 283 g/mol. The fourth-order valence-corrected chi connectivity index (χ4v) is 2.01. The molecule has 0 saturated heterocycles. The summed E-state index contributed by atoms with van der Waals surface area (Å²) in [5, 5.41) is 10.4. The van der Waals surface area contributed by atoms with Crippen LogP contribution in [0.15, 0.2) is 18.2 Å². The standard InChI is InChI=1S/C11H10F3NO3S/c1-2-19-10(16)5-7-3-4-8(11(12,13)14)6-9(7)15(17)18/h3-4,6H,2,5H2,1H3. The zero-order valence-electron chi connectivity index (χ0n) is 9.86. The van der Waals surface area contributed by atoms with Crippen LogP contribution in [0, 0.1) is 10.1 Å². The van der Waals surface area contributed by atoms with Gasteiger partial charge in [-0.1, -0.05) is 24.8 Å². The minimum Gasteiger partial charge on any atom is -0.287 e. The lowest BCUT2D eigenvalue weighted by atomic mass is 10.1. The van der Waals surface area contributed by atoms with Gasteiger partial charge < -0.3 is 0 Å². The summed E-state index contributed by atoms with van der Waals surface area (Å²) in [5.41, 5.74) is -1.79. The second kappa shape index (κ2) is 6.05. The molecule has 104 valence electrons. The summed E-state index contributed by atoms with van der Waals surface area (Å²) in [5.74, 6) is 0.507. The molecule has 0 spiro atoms. The quantitative estimate of drug-likeness (QED) is 0.630. The molecule has 0 atom stereocenters. The summed E-state index contributed by atoms with van der Waals surface area (Å²) >= 11 is 0.973. The van der Waals surface area contributed by atoms with Gasteiger partial charge >= 0.3 is 6.18 Å². The number of benzene rings is 1. The van der Waals surface area contributed by atoms with Crippen LogP contribution in [0.25, 0.3) is 0 Å². The van der Waals surface area contributed by atoms with Gasteiger partial charge in [0, 0.05) is 18.1 Å². The SMILES string of the molecule is CCSC(=O)Cc1ccc(C(F)(F)F)cc1[N+](=O)[O-]. The molecule has 0 fully saturated rings. The highest BCUT2D eigenvalue weighted by atomic mass is 32.2. The van der Waals surface area contributed by atoms with Gasteiger partial charge in [0.15, 0.2) is 5.12 Å². The highest BCUT2D eigenvalue weighted by Crippen LogP contribution is 2.33. The van der Waals surface area contributed by atoms with E-state index in [-0.39, 0.29) is 17.1 Å². The number of hydrogen-bond donors (Lipinski definition) is 0. The van der Waals surface area contributed by atoms with Crippen LogP contribution in [0.1, 0.15) is 18.1 Å². The third kappa shape index (κ3) is 4.23. The average molecular weight is 293 g/mol. The Morgan fingerprint density at radius 3 is 2.53 bits per heavy atom. The summed E-state index contributed by atoms with van der Waals surface area (Å²) in [6.45, 7) is 1.74. The first-order valence-corrected chi connectivity index (χ1v) is 6.24. The molecule has 0 bridgehead atoms. The maximum atomic E-state index is 12.5. The van der Waals surface area contributed by atoms with Crippen molar-refractivity contribution in [1.82, 2.24) is 0 Å². The maximum Gasteiger partial charge on any atom is 0.416 e. The smallest absolute Gasteiger partial charge is 0.287 e. The Kier molecular flexibility index (Phi) is 4.93. The number of alkyl halides is 3. The van der Waals surface area contributed by atoms with Crippen molar-refractivity contribution in [2.24, 2.45) is 0 Å². The van der Waals surface area contributed by atoms with Crippen LogP contribution in [0.2, 0.25) is 0 Å². The Hall–Kier alpha value is -1.57. The number of nitrogens with zero attached hydrogens (tertiary/aromatic N) is 1. The normalized spacial score (nSPS) is 11.4. The topological polar surface area (TPSA) is 60.2 Å². The third-order valence-corrected chi connectivity index (χ3v) is 3.00. The van der Waals surface area contributed by atoms with Gasteiger partial charge in [0.05, 0.1) is 10.5 Å². The molecule has 0 amide bonds. The zero-order chi connectivity index (χ0) is 14.6. The molecule has 0 heterocycles. The number of carbonyl (C=O) groups excluding carboxylic acids is 1. The molecule has 1 aromatic carbocycles. The minimum absolute atomic E-state index is 0.0102. The maximum absolute atomic E-state index is 12.5. The first-order valence-electron chi connectivity index (χ1n) is 5.25. The van der Waals surface area contributed by atoms with Crippen molar-refractivity contribution in [2.45, 2.75) is 19.5 Å². The van der Waals surface area contributed by atoms with E-state index >= 15 is 0 Å². The van der Waals surface area contributed by atoms with E-state index in [9.17, 15) is 28.1 Å². The van der Waals surface area contributed by atoms with E-state index in [1.165, 1.54) is 0 Å². The van der Waals surface area contributed by atoms with E-state index in [0.717, 1.165) is 23.9 Å². The molecule has 0 N–H and O–H groups in total. The Balaban J connectivity index is 3.12. The number of halogens is 3. The third-order valence-electron chi connectivity index (χ3n) is 2.25. The van der Waals surface area contributed by atoms with Crippen molar-refractivity contribution in [1.29, 1.82) is 0 Å². The molecule has 0 aliphatic carbocycles. The van der Waals surface area contributed by atoms with Crippen molar-refractivity contribution in [3.8, 4) is 0 Å². The van der Waals surface area contributed by atoms with Crippen molar-refractivity contribution in [3.63, 3.8) is 0 Å². The van der Waals surface area contributed by atoms with E-state index in [1.54, 1.807) is 6.92 Å². The van der Waals surface area contributed by atoms with E-state index < -0.39 is 22.4 Å². The van der Waals surface area contributed by atoms with E-state index in [1.807, 2.05) is 0 Å². The second-order valence-corrected chi connectivity index (χ2v) is 4.90. The molecule has 0 unspecified atom stereocenters. The summed E-state index contributed by atoms with van der Waals surface area (Å²) in [4.78, 5) is 21.2. The van der Waals surface area contributed by atoms with E-state index in [2.05, 4.69) is 0 Å². The molecule has 0 aliphatic heterocycles. The van der Waals surface area contributed by atoms with Gasteiger partial charge in [-0.05, 0) is 11.8 Å². The molecule has 0 radical (unpaired) electrons. The lowest BCUT2D eigenvalue weighted by Gasteiger charge is -2.08. The minimum atomic E-state index is -4.65. The lowest BCUT2D eigenvalue weighted by molar-refractivity contribution is -0.385. The van der Waals surface area contributed by atoms with Crippen molar-refractivity contribution >= 4 is 22.6 Å². The highest BCUT2D eigenvalue weighted by molar-refractivity contribution is 8.13. The number of nitro benzene ring substituents is 1. The number of thioether (sulfide) groups is 1. The largest absolute Gasteiger partial charge is 0.416 e. The highest BCUT2D eigenvalue weighted by Gasteiger charge is 2.33. The molecule has 0 saturated carbocycles. The molecule has 8 heteroatoms. The summed E-state index contributed by atoms with van der Waals surface area (Å²) in [6.07, 6.45) is -4.90. The number of carbonyl (C=O) groups is 1. The molecular formula is C11H10F3NO3S. The fraction of sp³-hybridized carbons (Fsp3) is 0.364. The van der Waals surface area contributed by atoms with Crippen LogP contribution >= 0.6 is 11.8 Å². The number of nitro groups is 1. The summed E-state index contributed by atoms with van der Waals surface area (Å²) in [7, 11) is 0. The Morgan fingerprint density at radius 1 is 1.42 bits per heavy atom. The van der Waals surface area contributed by atoms with Gasteiger partial charge in [-0.2, -0.15) is 13.2 Å². The van der Waals surface area contributed by atoms with Crippen LogP contribution in [-0.2, 0) is 17.4 Å². The van der Waals surface area contributed by atoms with Crippen LogP contribution in [0.5, 0.6) is 0 Å². The molecule has 1 aromatic rings. The first kappa shape index (κ1) is 15.5. The number of hydrogen-bond acceptors (Lipinski definition) is 4. The van der Waals surface area contributed by atoms with Gasteiger partial charge in [-0.25, -0.2) is 0 Å². The Morgan fingerprint density at radius 2 is 2.05 bits per heavy atom. The summed E-state index contributed by atoms with van der Waals surface area (Å²) in [6, 6.07) is 2.18. The van der Waals surface area contributed by atoms with Crippen molar-refractivity contribution in [2.75, 3.05) is 5.75 Å². The Labute approximate surface area is 111 Å². The fourth-order valence-electron chi connectivity index (χ4n) is 1.43. The van der Waals surface area contributed by atoms with Crippen LogP contribution in [0.3, 0.4) is 0 Å². The molecule has 4 nitrogen and oxygen atoms in total. The zero-order valence-corrected chi connectivity index (χ0v) is 10.7. The molecule has 1 rings (SSSR count). The summed E-state index contributed by atoms with van der Waals surface area (Å²) < 4.78 is 37.4. The molecule has 0 aromatic heterocycles. The van der Waals surface area contributed by atoms with Gasteiger partial charge in [0.1, 0.15) is 0 Å². The first-order chi connectivity index (χ1) is 8.75. The van der Waals surface area contributed by atoms with Crippen LogP contribution in [-0.4, -0.2) is 15.8 Å². The van der Waals surface area contributed by atoms with Gasteiger partial charge in [0.2, 0.25) is 0 Å². The van der Waals surface area contributed by atoms with E-state index in [4.69, 9.17) is 0 Å². The average Bonchev–Trinajstić information content (AvgIpc) is 2.27. The van der Waals surface area contributed by atoms with E-state index in [0.29, 0.717) is 11.8 Å². The molecule has 19 heavy (non-hydrogen) atoms. The predicted octanol–water partition coefficient (Wildman–Crippen LogP) is 3.44. The molecule has 0 aliphatic rings. The van der Waals surface area contributed by atoms with Gasteiger partial charge in [0.25, 0.3) is 5.69 Å². The van der Waals surface area contributed by atoms with Crippen molar-refractivity contribution < 1.29 is 22.9 Å².